The molecule has 0 aromatic carbocycles. The van der Waals surface area contributed by atoms with Crippen molar-refractivity contribution in [2.24, 2.45) is 0 Å². The number of carbonyl (C=O) groups is 1. The van der Waals surface area contributed by atoms with Crippen molar-refractivity contribution in [3.8, 4) is 11.6 Å². The van der Waals surface area contributed by atoms with Crippen LogP contribution in [0.3, 0.4) is 0 Å². The first-order valence-corrected chi connectivity index (χ1v) is 7.81. The Kier molecular flexibility index (Phi) is 6.30. The number of hydrogen-bond donors (Lipinski definition) is 0. The van der Waals surface area contributed by atoms with E-state index in [1.807, 2.05) is 6.07 Å². The second-order valence-electron chi connectivity index (χ2n) is 5.31. The maximum atomic E-state index is 11.8. The summed E-state index contributed by atoms with van der Waals surface area (Å²) in [6, 6.07) is 3.62. The Morgan fingerprint density at radius 3 is 2.73 bits per heavy atom. The lowest BCUT2D eigenvalue weighted by Crippen LogP contribution is -2.42. The van der Waals surface area contributed by atoms with Gasteiger partial charge in [-0.15, -0.1) is 0 Å². The summed E-state index contributed by atoms with van der Waals surface area (Å²) < 4.78 is 16.1. The average Bonchev–Trinajstić information content (AvgIpc) is 2.56. The number of rotatable bonds is 6. The lowest BCUT2D eigenvalue weighted by Gasteiger charge is -2.31. The highest BCUT2D eigenvalue weighted by Crippen LogP contribution is 2.19. The highest BCUT2D eigenvalue weighted by Gasteiger charge is 2.25. The molecule has 0 aliphatic carbocycles. The molecule has 0 N–H and O–H groups in total. The van der Waals surface area contributed by atoms with Crippen molar-refractivity contribution in [1.29, 1.82) is 0 Å². The molecule has 1 saturated heterocycles. The minimum absolute atomic E-state index is 0.0839. The molecule has 0 spiro atoms. The Morgan fingerprint density at radius 1 is 1.36 bits per heavy atom. The molecule has 2 heterocycles. The van der Waals surface area contributed by atoms with Gasteiger partial charge in [0.1, 0.15) is 11.9 Å². The topological polar surface area (TPSA) is 60.9 Å². The van der Waals surface area contributed by atoms with Gasteiger partial charge in [0.2, 0.25) is 5.88 Å². The quantitative estimate of drug-likeness (QED) is 0.756. The summed E-state index contributed by atoms with van der Waals surface area (Å²) in [7, 11) is 1.60. The number of piperidine rings is 1. The van der Waals surface area contributed by atoms with Crippen LogP contribution in [0.2, 0.25) is 0 Å². The number of unbranched alkanes of at least 4 members (excludes halogenated alkanes) is 1. The van der Waals surface area contributed by atoms with E-state index in [2.05, 4.69) is 11.9 Å². The number of aromatic nitrogens is 1. The number of pyridine rings is 1. The molecule has 22 heavy (non-hydrogen) atoms. The van der Waals surface area contributed by atoms with Crippen LogP contribution < -0.4 is 9.47 Å². The lowest BCUT2D eigenvalue weighted by molar-refractivity contribution is 0.0656. The number of amides is 1. The number of ether oxygens (including phenoxy) is 3. The Balaban J connectivity index is 1.73. The third-order valence-electron chi connectivity index (χ3n) is 3.66. The van der Waals surface area contributed by atoms with Crippen LogP contribution in [0.4, 0.5) is 4.79 Å². The average molecular weight is 308 g/mol. The fourth-order valence-electron chi connectivity index (χ4n) is 2.28. The minimum Gasteiger partial charge on any atom is -0.495 e. The van der Waals surface area contributed by atoms with Crippen LogP contribution in [0, 0.1) is 0 Å². The van der Waals surface area contributed by atoms with Gasteiger partial charge in [-0.2, -0.15) is 0 Å². The second kappa shape index (κ2) is 8.46. The molecule has 0 radical (unpaired) electrons. The number of methoxy groups -OCH3 is 1. The maximum absolute atomic E-state index is 11.8. The largest absolute Gasteiger partial charge is 0.495 e. The molecule has 0 unspecified atom stereocenters. The van der Waals surface area contributed by atoms with Gasteiger partial charge in [-0.25, -0.2) is 9.78 Å². The van der Waals surface area contributed by atoms with Crippen LogP contribution in [0.1, 0.15) is 32.6 Å². The van der Waals surface area contributed by atoms with Gasteiger partial charge in [-0.1, -0.05) is 13.3 Å². The summed E-state index contributed by atoms with van der Waals surface area (Å²) in [5.41, 5.74) is 0. The Morgan fingerprint density at radius 2 is 2.14 bits per heavy atom. The number of hydrogen-bond acceptors (Lipinski definition) is 5. The molecule has 1 fully saturated rings. The van der Waals surface area contributed by atoms with Crippen molar-refractivity contribution in [3.05, 3.63) is 18.3 Å². The zero-order valence-corrected chi connectivity index (χ0v) is 13.3. The predicted molar refractivity (Wildman–Crippen MR) is 82.3 cm³/mol. The highest BCUT2D eigenvalue weighted by atomic mass is 16.6. The summed E-state index contributed by atoms with van der Waals surface area (Å²) in [5.74, 6) is 1.29. The van der Waals surface area contributed by atoms with Crippen LogP contribution in [-0.2, 0) is 4.74 Å². The zero-order chi connectivity index (χ0) is 15.8. The van der Waals surface area contributed by atoms with E-state index < -0.39 is 0 Å². The van der Waals surface area contributed by atoms with Gasteiger partial charge in [0.15, 0.2) is 0 Å². The van der Waals surface area contributed by atoms with Crippen molar-refractivity contribution in [2.45, 2.75) is 38.7 Å². The van der Waals surface area contributed by atoms with E-state index in [9.17, 15) is 4.79 Å². The molecule has 0 atom stereocenters. The van der Waals surface area contributed by atoms with Crippen molar-refractivity contribution in [2.75, 3.05) is 26.8 Å². The number of nitrogens with zero attached hydrogens (tertiary/aromatic N) is 2. The molecule has 1 aliphatic heterocycles. The Hall–Kier alpha value is -1.98. The van der Waals surface area contributed by atoms with Crippen molar-refractivity contribution in [1.82, 2.24) is 9.88 Å². The predicted octanol–water partition coefficient (Wildman–Crippen LogP) is 2.87. The van der Waals surface area contributed by atoms with Crippen molar-refractivity contribution < 1.29 is 19.0 Å². The van der Waals surface area contributed by atoms with E-state index in [-0.39, 0.29) is 12.2 Å². The molecular weight excluding hydrogens is 284 g/mol. The fraction of sp³-hybridized carbons (Fsp3) is 0.625. The maximum Gasteiger partial charge on any atom is 0.409 e. The second-order valence-corrected chi connectivity index (χ2v) is 5.31. The van der Waals surface area contributed by atoms with Gasteiger partial charge in [0.05, 0.1) is 19.9 Å². The third-order valence-corrected chi connectivity index (χ3v) is 3.66. The first kappa shape index (κ1) is 16.4. The van der Waals surface area contributed by atoms with Crippen molar-refractivity contribution in [3.63, 3.8) is 0 Å². The minimum atomic E-state index is -0.213. The summed E-state index contributed by atoms with van der Waals surface area (Å²) in [4.78, 5) is 17.8. The van der Waals surface area contributed by atoms with Crippen LogP contribution in [0.5, 0.6) is 11.6 Å². The molecule has 1 amide bonds. The van der Waals surface area contributed by atoms with E-state index in [4.69, 9.17) is 14.2 Å². The molecule has 2 rings (SSSR count). The summed E-state index contributed by atoms with van der Waals surface area (Å²) in [6.45, 7) is 3.89. The van der Waals surface area contributed by atoms with Gasteiger partial charge in [0.25, 0.3) is 0 Å². The van der Waals surface area contributed by atoms with E-state index >= 15 is 0 Å². The molecule has 0 bridgehead atoms. The number of carbonyl (C=O) groups excluding carboxylic acids is 1. The third kappa shape index (κ3) is 4.79. The summed E-state index contributed by atoms with van der Waals surface area (Å²) in [6.07, 6.45) is 5.02. The SMILES string of the molecule is CCCCOC(=O)N1CCC(Oc2ccc(OC)cn2)CC1. The van der Waals surface area contributed by atoms with Crippen LogP contribution in [0.15, 0.2) is 18.3 Å². The highest BCUT2D eigenvalue weighted by molar-refractivity contribution is 5.67. The van der Waals surface area contributed by atoms with Crippen LogP contribution in [-0.4, -0.2) is 48.9 Å². The summed E-state index contributed by atoms with van der Waals surface area (Å²) in [5, 5.41) is 0. The smallest absolute Gasteiger partial charge is 0.409 e. The molecule has 1 aliphatic rings. The lowest BCUT2D eigenvalue weighted by atomic mass is 10.1. The van der Waals surface area contributed by atoms with Crippen LogP contribution >= 0.6 is 0 Å². The molecule has 0 saturated carbocycles. The zero-order valence-electron chi connectivity index (χ0n) is 13.3. The van der Waals surface area contributed by atoms with Gasteiger partial charge in [-0.05, 0) is 12.5 Å². The molecule has 1 aromatic heterocycles. The van der Waals surface area contributed by atoms with Crippen LogP contribution in [0.25, 0.3) is 0 Å². The van der Waals surface area contributed by atoms with Gasteiger partial charge < -0.3 is 19.1 Å². The first-order valence-electron chi connectivity index (χ1n) is 7.81. The molecule has 6 heteroatoms. The first-order chi connectivity index (χ1) is 10.7. The van der Waals surface area contributed by atoms with Gasteiger partial charge in [-0.3, -0.25) is 0 Å². The standard InChI is InChI=1S/C16H24N2O4/c1-3-4-11-21-16(19)18-9-7-13(8-10-18)22-15-6-5-14(20-2)12-17-15/h5-6,12-13H,3-4,7-11H2,1-2H3. The van der Waals surface area contributed by atoms with Crippen molar-refractivity contribution >= 4 is 6.09 Å². The van der Waals surface area contributed by atoms with Gasteiger partial charge >= 0.3 is 6.09 Å². The van der Waals surface area contributed by atoms with E-state index in [0.717, 1.165) is 25.7 Å². The molecule has 6 nitrogen and oxygen atoms in total. The number of likely N-dealkylation sites (tertiary alicyclic amines) is 1. The molecule has 122 valence electrons. The monoisotopic (exact) mass is 308 g/mol. The summed E-state index contributed by atoms with van der Waals surface area (Å²) >= 11 is 0. The molecule has 1 aromatic rings. The van der Waals surface area contributed by atoms with Gasteiger partial charge in [0, 0.05) is 32.0 Å². The Bertz CT molecular complexity index is 456. The normalized spacial score (nSPS) is 15.5. The molecular formula is C16H24N2O4. The van der Waals surface area contributed by atoms with E-state index in [0.29, 0.717) is 31.3 Å². The van der Waals surface area contributed by atoms with E-state index in [1.54, 1.807) is 24.3 Å². The van der Waals surface area contributed by atoms with E-state index in [1.165, 1.54) is 0 Å². The Labute approximate surface area is 131 Å². The fourth-order valence-corrected chi connectivity index (χ4v) is 2.28.